The molecule has 0 radical (unpaired) electrons. The summed E-state index contributed by atoms with van der Waals surface area (Å²) in [6, 6.07) is 0. The van der Waals surface area contributed by atoms with E-state index in [2.05, 4.69) is 0 Å². The van der Waals surface area contributed by atoms with E-state index in [0.717, 1.165) is 0 Å². The van der Waals surface area contributed by atoms with E-state index in [1.54, 1.807) is 0 Å². The van der Waals surface area contributed by atoms with Crippen molar-refractivity contribution in [3.8, 4) is 0 Å². The largest absolute Gasteiger partial charge is 0.481 e. The number of ether oxygens (including phenoxy) is 1. The molecule has 0 rings (SSSR count). The molecule has 0 aromatic rings. The molecule has 0 bridgehead atoms. The molecule has 64 valence electrons. The molecule has 0 saturated carbocycles. The molecule has 0 aliphatic carbocycles. The first-order valence-electron chi connectivity index (χ1n) is 3.68. The molecule has 0 saturated heterocycles. The van der Waals surface area contributed by atoms with Crippen molar-refractivity contribution in [3.05, 3.63) is 12.2 Å². The standard InChI is InChI=1S/C8H14O3/c1-2-3-6-11-7-4-5-8(9)10/h2-3H,4-7H2,1H3,(H,9,10). The smallest absolute Gasteiger partial charge is 0.303 e. The van der Waals surface area contributed by atoms with Crippen LogP contribution in [0.2, 0.25) is 0 Å². The molecular formula is C8H14O3. The SMILES string of the molecule is CC=CCOCCCC(=O)O. The lowest BCUT2D eigenvalue weighted by molar-refractivity contribution is -0.137. The van der Waals surface area contributed by atoms with Crippen LogP contribution < -0.4 is 0 Å². The van der Waals surface area contributed by atoms with Crippen LogP contribution in [0.15, 0.2) is 12.2 Å². The number of rotatable bonds is 6. The summed E-state index contributed by atoms with van der Waals surface area (Å²) in [5.41, 5.74) is 0. The maximum Gasteiger partial charge on any atom is 0.303 e. The maximum atomic E-state index is 10.0. The van der Waals surface area contributed by atoms with Crippen molar-refractivity contribution in [2.75, 3.05) is 13.2 Å². The van der Waals surface area contributed by atoms with E-state index in [9.17, 15) is 4.79 Å². The topological polar surface area (TPSA) is 46.5 Å². The lowest BCUT2D eigenvalue weighted by Gasteiger charge is -1.97. The molecule has 0 aromatic carbocycles. The summed E-state index contributed by atoms with van der Waals surface area (Å²) in [6.07, 6.45) is 4.57. The van der Waals surface area contributed by atoms with Gasteiger partial charge in [0.1, 0.15) is 0 Å². The summed E-state index contributed by atoms with van der Waals surface area (Å²) in [4.78, 5) is 10.0. The number of allylic oxidation sites excluding steroid dienone is 1. The summed E-state index contributed by atoms with van der Waals surface area (Å²) in [5.74, 6) is -0.764. The van der Waals surface area contributed by atoms with Gasteiger partial charge in [0.05, 0.1) is 6.61 Å². The zero-order valence-corrected chi connectivity index (χ0v) is 6.75. The molecule has 0 heterocycles. The van der Waals surface area contributed by atoms with Crippen LogP contribution in [0.1, 0.15) is 19.8 Å². The van der Waals surface area contributed by atoms with E-state index in [1.165, 1.54) is 0 Å². The van der Waals surface area contributed by atoms with E-state index in [4.69, 9.17) is 9.84 Å². The highest BCUT2D eigenvalue weighted by Gasteiger charge is 1.94. The van der Waals surface area contributed by atoms with Gasteiger partial charge in [-0.25, -0.2) is 0 Å². The fourth-order valence-electron chi connectivity index (χ4n) is 0.573. The van der Waals surface area contributed by atoms with Gasteiger partial charge >= 0.3 is 5.97 Å². The Kier molecular flexibility index (Phi) is 6.73. The van der Waals surface area contributed by atoms with Gasteiger partial charge in [0.2, 0.25) is 0 Å². The molecule has 0 aromatic heterocycles. The highest BCUT2D eigenvalue weighted by molar-refractivity contribution is 5.66. The van der Waals surface area contributed by atoms with Crippen LogP contribution in [-0.2, 0) is 9.53 Å². The zero-order valence-electron chi connectivity index (χ0n) is 6.75. The summed E-state index contributed by atoms with van der Waals surface area (Å²) < 4.78 is 5.07. The van der Waals surface area contributed by atoms with Crippen molar-refractivity contribution in [3.63, 3.8) is 0 Å². The van der Waals surface area contributed by atoms with Crippen LogP contribution in [0.4, 0.5) is 0 Å². The lowest BCUT2D eigenvalue weighted by atomic mass is 10.3. The van der Waals surface area contributed by atoms with Gasteiger partial charge in [-0.2, -0.15) is 0 Å². The minimum atomic E-state index is -0.764. The van der Waals surface area contributed by atoms with E-state index in [1.807, 2.05) is 19.1 Å². The Morgan fingerprint density at radius 2 is 2.36 bits per heavy atom. The zero-order chi connectivity index (χ0) is 8.53. The van der Waals surface area contributed by atoms with Crippen molar-refractivity contribution < 1.29 is 14.6 Å². The average Bonchev–Trinajstić information content (AvgIpc) is 1.96. The Morgan fingerprint density at radius 3 is 2.91 bits per heavy atom. The normalized spacial score (nSPS) is 10.6. The third kappa shape index (κ3) is 9.17. The second kappa shape index (κ2) is 7.28. The summed E-state index contributed by atoms with van der Waals surface area (Å²) >= 11 is 0. The van der Waals surface area contributed by atoms with Crippen LogP contribution in [0.5, 0.6) is 0 Å². The van der Waals surface area contributed by atoms with Crippen molar-refractivity contribution >= 4 is 5.97 Å². The van der Waals surface area contributed by atoms with Gasteiger partial charge in [0.25, 0.3) is 0 Å². The van der Waals surface area contributed by atoms with Crippen molar-refractivity contribution in [1.82, 2.24) is 0 Å². The third-order valence-electron chi connectivity index (χ3n) is 1.13. The molecule has 0 fully saturated rings. The predicted molar refractivity (Wildman–Crippen MR) is 42.5 cm³/mol. The Morgan fingerprint density at radius 1 is 1.64 bits per heavy atom. The molecule has 11 heavy (non-hydrogen) atoms. The van der Waals surface area contributed by atoms with E-state index < -0.39 is 5.97 Å². The van der Waals surface area contributed by atoms with E-state index in [-0.39, 0.29) is 6.42 Å². The third-order valence-corrected chi connectivity index (χ3v) is 1.13. The first-order chi connectivity index (χ1) is 5.27. The van der Waals surface area contributed by atoms with Gasteiger partial charge in [-0.05, 0) is 13.3 Å². The average molecular weight is 158 g/mol. The summed E-state index contributed by atoms with van der Waals surface area (Å²) in [6.45, 7) is 3.02. The number of carboxylic acid groups (broad SMARTS) is 1. The van der Waals surface area contributed by atoms with Gasteiger partial charge in [0.15, 0.2) is 0 Å². The van der Waals surface area contributed by atoms with Crippen LogP contribution in [0, 0.1) is 0 Å². The van der Waals surface area contributed by atoms with Crippen LogP contribution in [0.25, 0.3) is 0 Å². The predicted octanol–water partition coefficient (Wildman–Crippen LogP) is 1.44. The van der Waals surface area contributed by atoms with E-state index >= 15 is 0 Å². The highest BCUT2D eigenvalue weighted by Crippen LogP contribution is 1.89. The molecule has 1 N–H and O–H groups in total. The van der Waals surface area contributed by atoms with Crippen molar-refractivity contribution in [1.29, 1.82) is 0 Å². The van der Waals surface area contributed by atoms with E-state index in [0.29, 0.717) is 19.6 Å². The number of hydrogen-bond acceptors (Lipinski definition) is 2. The monoisotopic (exact) mass is 158 g/mol. The van der Waals surface area contributed by atoms with Crippen LogP contribution in [-0.4, -0.2) is 24.3 Å². The fraction of sp³-hybridized carbons (Fsp3) is 0.625. The first-order valence-corrected chi connectivity index (χ1v) is 3.68. The molecule has 0 amide bonds. The van der Waals surface area contributed by atoms with Gasteiger partial charge in [-0.3, -0.25) is 4.79 Å². The van der Waals surface area contributed by atoms with Crippen LogP contribution in [0.3, 0.4) is 0 Å². The molecule has 3 nitrogen and oxygen atoms in total. The number of aliphatic carboxylic acids is 1. The molecule has 0 aliphatic heterocycles. The Balaban J connectivity index is 2.96. The van der Waals surface area contributed by atoms with Gasteiger partial charge < -0.3 is 9.84 Å². The molecule has 0 spiro atoms. The fourth-order valence-corrected chi connectivity index (χ4v) is 0.573. The molecule has 0 unspecified atom stereocenters. The van der Waals surface area contributed by atoms with Gasteiger partial charge in [-0.1, -0.05) is 12.2 Å². The lowest BCUT2D eigenvalue weighted by Crippen LogP contribution is -1.99. The number of carboxylic acids is 1. The molecule has 0 aliphatic rings. The second-order valence-corrected chi connectivity index (χ2v) is 2.14. The molecular weight excluding hydrogens is 144 g/mol. The minimum Gasteiger partial charge on any atom is -0.481 e. The first kappa shape index (κ1) is 10.2. The Bertz CT molecular complexity index is 129. The maximum absolute atomic E-state index is 10.0. The van der Waals surface area contributed by atoms with Gasteiger partial charge in [0, 0.05) is 13.0 Å². The summed E-state index contributed by atoms with van der Waals surface area (Å²) in [5, 5.41) is 8.25. The quantitative estimate of drug-likeness (QED) is 0.470. The molecule has 0 atom stereocenters. The number of carbonyl (C=O) groups is 1. The second-order valence-electron chi connectivity index (χ2n) is 2.14. The minimum absolute atomic E-state index is 0.190. The highest BCUT2D eigenvalue weighted by atomic mass is 16.5. The summed E-state index contributed by atoms with van der Waals surface area (Å²) in [7, 11) is 0. The number of hydrogen-bond donors (Lipinski definition) is 1. The molecule has 3 heteroatoms. The van der Waals surface area contributed by atoms with Crippen molar-refractivity contribution in [2.24, 2.45) is 0 Å². The van der Waals surface area contributed by atoms with Crippen molar-refractivity contribution in [2.45, 2.75) is 19.8 Å². The van der Waals surface area contributed by atoms with Crippen LogP contribution >= 0.6 is 0 Å². The van der Waals surface area contributed by atoms with Gasteiger partial charge in [-0.15, -0.1) is 0 Å². The Hall–Kier alpha value is -0.830. The Labute approximate surface area is 66.7 Å².